The predicted octanol–water partition coefficient (Wildman–Crippen LogP) is 1.40. The molecule has 0 saturated heterocycles. The van der Waals surface area contributed by atoms with E-state index in [9.17, 15) is 0 Å². The summed E-state index contributed by atoms with van der Waals surface area (Å²) in [6.45, 7) is 0.694. The van der Waals surface area contributed by atoms with Crippen molar-refractivity contribution >= 4 is 11.7 Å². The van der Waals surface area contributed by atoms with Gasteiger partial charge in [-0.05, 0) is 29.8 Å². The van der Waals surface area contributed by atoms with E-state index in [0.717, 1.165) is 5.56 Å². The van der Waals surface area contributed by atoms with Gasteiger partial charge in [-0.1, -0.05) is 0 Å². The quantitative estimate of drug-likeness (QED) is 0.626. The average molecular weight is 241 g/mol. The molecule has 0 aromatic carbocycles. The molecule has 0 radical (unpaired) electrons. The van der Waals surface area contributed by atoms with Crippen LogP contribution in [0.3, 0.4) is 0 Å². The number of pyridine rings is 2. The summed E-state index contributed by atoms with van der Waals surface area (Å²) >= 11 is 0. The van der Waals surface area contributed by atoms with Crippen LogP contribution in [0.15, 0.2) is 42.9 Å². The summed E-state index contributed by atoms with van der Waals surface area (Å²) in [5, 5.41) is 7.55. The zero-order valence-corrected chi connectivity index (χ0v) is 10.2. The lowest BCUT2D eigenvalue weighted by atomic mass is 10.2. The molecule has 0 aliphatic carbocycles. The summed E-state index contributed by atoms with van der Waals surface area (Å²) in [6, 6.07) is 7.48. The first-order valence-corrected chi connectivity index (χ1v) is 5.58. The van der Waals surface area contributed by atoms with Gasteiger partial charge >= 0.3 is 0 Å². The Morgan fingerprint density at radius 1 is 1.28 bits per heavy atom. The van der Waals surface area contributed by atoms with Gasteiger partial charge in [-0.15, -0.1) is 0 Å². The minimum Gasteiger partial charge on any atom is -0.384 e. The molecule has 92 valence electrons. The Labute approximate surface area is 106 Å². The molecule has 0 aliphatic heterocycles. The van der Waals surface area contributed by atoms with Crippen molar-refractivity contribution in [1.29, 1.82) is 5.41 Å². The summed E-state index contributed by atoms with van der Waals surface area (Å²) in [5.74, 6) is 0.737. The number of anilines is 1. The van der Waals surface area contributed by atoms with E-state index >= 15 is 0 Å². The van der Waals surface area contributed by atoms with Crippen molar-refractivity contribution < 1.29 is 0 Å². The SMILES string of the molecule is CN(Cc1ccncc1)c1ncccc1C(=N)N. The van der Waals surface area contributed by atoms with Crippen LogP contribution in [0.2, 0.25) is 0 Å². The van der Waals surface area contributed by atoms with E-state index in [2.05, 4.69) is 9.97 Å². The predicted molar refractivity (Wildman–Crippen MR) is 71.6 cm³/mol. The van der Waals surface area contributed by atoms with Gasteiger partial charge in [0.1, 0.15) is 11.7 Å². The molecular formula is C13H15N5. The second-order valence-corrected chi connectivity index (χ2v) is 4.00. The zero-order valence-electron chi connectivity index (χ0n) is 10.2. The molecule has 0 spiro atoms. The lowest BCUT2D eigenvalue weighted by molar-refractivity contribution is 0.893. The number of amidine groups is 1. The maximum absolute atomic E-state index is 7.55. The van der Waals surface area contributed by atoms with Crippen LogP contribution in [-0.4, -0.2) is 22.9 Å². The number of aromatic nitrogens is 2. The Hall–Kier alpha value is -2.43. The lowest BCUT2D eigenvalue weighted by Gasteiger charge is -2.20. The number of nitrogens with two attached hydrogens (primary N) is 1. The molecular weight excluding hydrogens is 226 g/mol. The Morgan fingerprint density at radius 3 is 2.67 bits per heavy atom. The maximum Gasteiger partial charge on any atom is 0.139 e. The molecule has 2 aromatic heterocycles. The van der Waals surface area contributed by atoms with Gasteiger partial charge in [0.15, 0.2) is 0 Å². The molecule has 0 amide bonds. The summed E-state index contributed by atoms with van der Waals surface area (Å²) < 4.78 is 0. The van der Waals surface area contributed by atoms with E-state index in [0.29, 0.717) is 17.9 Å². The second-order valence-electron chi connectivity index (χ2n) is 4.00. The molecule has 3 N–H and O–H groups in total. The number of nitrogens with zero attached hydrogens (tertiary/aromatic N) is 3. The van der Waals surface area contributed by atoms with Crippen molar-refractivity contribution in [2.45, 2.75) is 6.54 Å². The largest absolute Gasteiger partial charge is 0.384 e. The molecule has 2 rings (SSSR count). The van der Waals surface area contributed by atoms with Crippen molar-refractivity contribution in [3.8, 4) is 0 Å². The molecule has 18 heavy (non-hydrogen) atoms. The highest BCUT2D eigenvalue weighted by Gasteiger charge is 2.10. The highest BCUT2D eigenvalue weighted by molar-refractivity contribution is 5.99. The van der Waals surface area contributed by atoms with Gasteiger partial charge < -0.3 is 10.6 Å². The fraction of sp³-hybridized carbons (Fsp3) is 0.154. The summed E-state index contributed by atoms with van der Waals surface area (Å²) in [4.78, 5) is 10.2. The van der Waals surface area contributed by atoms with E-state index in [-0.39, 0.29) is 5.84 Å². The van der Waals surface area contributed by atoms with Crippen LogP contribution >= 0.6 is 0 Å². The summed E-state index contributed by atoms with van der Waals surface area (Å²) in [7, 11) is 1.93. The van der Waals surface area contributed by atoms with Gasteiger partial charge in [0.25, 0.3) is 0 Å². The molecule has 0 atom stereocenters. The Bertz CT molecular complexity index is 538. The van der Waals surface area contributed by atoms with Crippen LogP contribution in [0, 0.1) is 5.41 Å². The van der Waals surface area contributed by atoms with Crippen LogP contribution in [0.1, 0.15) is 11.1 Å². The first-order chi connectivity index (χ1) is 8.68. The first-order valence-electron chi connectivity index (χ1n) is 5.58. The molecule has 5 nitrogen and oxygen atoms in total. The number of nitrogen functional groups attached to an aromatic ring is 1. The van der Waals surface area contributed by atoms with Gasteiger partial charge in [0.05, 0.1) is 5.56 Å². The minimum atomic E-state index is 0.0275. The van der Waals surface area contributed by atoms with Crippen LogP contribution < -0.4 is 10.6 Å². The van der Waals surface area contributed by atoms with Crippen molar-refractivity contribution in [3.05, 3.63) is 54.0 Å². The molecule has 0 saturated carbocycles. The molecule has 0 fully saturated rings. The van der Waals surface area contributed by atoms with Crippen LogP contribution in [0.5, 0.6) is 0 Å². The highest BCUT2D eigenvalue weighted by atomic mass is 15.2. The number of rotatable bonds is 4. The van der Waals surface area contributed by atoms with Crippen molar-refractivity contribution in [2.24, 2.45) is 5.73 Å². The number of hydrogen-bond donors (Lipinski definition) is 2. The van der Waals surface area contributed by atoms with E-state index in [1.807, 2.05) is 24.1 Å². The van der Waals surface area contributed by atoms with Gasteiger partial charge in [-0.2, -0.15) is 0 Å². The monoisotopic (exact) mass is 241 g/mol. The third-order valence-electron chi connectivity index (χ3n) is 2.61. The van der Waals surface area contributed by atoms with Gasteiger partial charge in [0.2, 0.25) is 0 Å². The second kappa shape index (κ2) is 5.27. The summed E-state index contributed by atoms with van der Waals surface area (Å²) in [6.07, 6.45) is 5.21. The average Bonchev–Trinajstić information content (AvgIpc) is 2.40. The Morgan fingerprint density at radius 2 is 2.00 bits per heavy atom. The van der Waals surface area contributed by atoms with Crippen LogP contribution in [0.4, 0.5) is 5.82 Å². The third-order valence-corrected chi connectivity index (χ3v) is 2.61. The van der Waals surface area contributed by atoms with E-state index < -0.39 is 0 Å². The normalized spacial score (nSPS) is 10.1. The van der Waals surface area contributed by atoms with Crippen molar-refractivity contribution in [1.82, 2.24) is 9.97 Å². The minimum absolute atomic E-state index is 0.0275. The molecule has 0 bridgehead atoms. The van der Waals surface area contributed by atoms with Gasteiger partial charge in [0, 0.05) is 32.2 Å². The molecule has 5 heteroatoms. The molecule has 0 unspecified atom stereocenters. The van der Waals surface area contributed by atoms with Crippen molar-refractivity contribution in [3.63, 3.8) is 0 Å². The maximum atomic E-state index is 7.55. The van der Waals surface area contributed by atoms with Gasteiger partial charge in [-0.25, -0.2) is 4.98 Å². The Kier molecular flexibility index (Phi) is 3.52. The van der Waals surface area contributed by atoms with E-state index in [1.165, 1.54) is 0 Å². The zero-order chi connectivity index (χ0) is 13.0. The van der Waals surface area contributed by atoms with Crippen LogP contribution in [-0.2, 0) is 6.54 Å². The number of nitrogens with one attached hydrogen (secondary N) is 1. The van der Waals surface area contributed by atoms with Gasteiger partial charge in [-0.3, -0.25) is 10.4 Å². The topological polar surface area (TPSA) is 78.9 Å². The number of hydrogen-bond acceptors (Lipinski definition) is 4. The third kappa shape index (κ3) is 2.63. The fourth-order valence-corrected chi connectivity index (χ4v) is 1.75. The van der Waals surface area contributed by atoms with E-state index in [4.69, 9.17) is 11.1 Å². The lowest BCUT2D eigenvalue weighted by Crippen LogP contribution is -2.23. The Balaban J connectivity index is 2.24. The standard InChI is InChI=1S/C13H15N5/c1-18(9-10-4-7-16-8-5-10)13-11(12(14)15)3-2-6-17-13/h2-8H,9H2,1H3,(H3,14,15). The molecule has 2 aromatic rings. The van der Waals surface area contributed by atoms with E-state index in [1.54, 1.807) is 30.7 Å². The smallest absolute Gasteiger partial charge is 0.139 e. The molecule has 2 heterocycles. The van der Waals surface area contributed by atoms with Crippen LogP contribution in [0.25, 0.3) is 0 Å². The highest BCUT2D eigenvalue weighted by Crippen LogP contribution is 2.17. The molecule has 0 aliphatic rings. The fourth-order valence-electron chi connectivity index (χ4n) is 1.75. The first kappa shape index (κ1) is 12.0. The summed E-state index contributed by atoms with van der Waals surface area (Å²) in [5.41, 5.74) is 7.33. The van der Waals surface area contributed by atoms with Crippen molar-refractivity contribution in [2.75, 3.05) is 11.9 Å².